The van der Waals surface area contributed by atoms with Gasteiger partial charge in [-0.2, -0.15) is 0 Å². The van der Waals surface area contributed by atoms with E-state index < -0.39 is 11.4 Å². The van der Waals surface area contributed by atoms with Crippen LogP contribution in [0.1, 0.15) is 18.2 Å². The van der Waals surface area contributed by atoms with Gasteiger partial charge < -0.3 is 16.0 Å². The molecule has 1 aromatic carbocycles. The molecule has 2 heterocycles. The van der Waals surface area contributed by atoms with Crippen molar-refractivity contribution in [2.45, 2.75) is 19.0 Å². The first kappa shape index (κ1) is 13.4. The van der Waals surface area contributed by atoms with E-state index in [0.717, 1.165) is 0 Å². The Morgan fingerprint density at radius 2 is 2.10 bits per heavy atom. The third-order valence-electron chi connectivity index (χ3n) is 3.81. The second-order valence-corrected chi connectivity index (χ2v) is 5.50. The van der Waals surface area contributed by atoms with E-state index >= 15 is 0 Å². The molecule has 21 heavy (non-hydrogen) atoms. The zero-order chi connectivity index (χ0) is 15.4. The number of rotatable bonds is 1. The van der Waals surface area contributed by atoms with Crippen molar-refractivity contribution in [3.63, 3.8) is 0 Å². The molecule has 1 unspecified atom stereocenters. The van der Waals surface area contributed by atoms with Gasteiger partial charge in [-0.25, -0.2) is 9.18 Å². The summed E-state index contributed by atoms with van der Waals surface area (Å²) in [5.74, 6) is -0.209. The smallest absolute Gasteiger partial charge is 0.328 e. The van der Waals surface area contributed by atoms with Gasteiger partial charge in [0.05, 0.1) is 6.54 Å². The monoisotopic (exact) mass is 289 g/mol. The normalized spacial score (nSPS) is 21.0. The highest BCUT2D eigenvalue weighted by Gasteiger charge is 2.35. The third kappa shape index (κ3) is 1.93. The van der Waals surface area contributed by atoms with Gasteiger partial charge >= 0.3 is 5.69 Å². The summed E-state index contributed by atoms with van der Waals surface area (Å²) in [5.41, 5.74) is 11.8. The number of hydrogen-bond acceptors (Lipinski definition) is 4. The highest BCUT2D eigenvalue weighted by Crippen LogP contribution is 2.33. The molecule has 1 aliphatic rings. The van der Waals surface area contributed by atoms with Crippen LogP contribution in [-0.2, 0) is 19.1 Å². The molecule has 0 bridgehead atoms. The van der Waals surface area contributed by atoms with E-state index in [1.54, 1.807) is 20.2 Å². The van der Waals surface area contributed by atoms with Crippen LogP contribution in [0.5, 0.6) is 0 Å². The summed E-state index contributed by atoms with van der Waals surface area (Å²) in [7, 11) is 1.64. The van der Waals surface area contributed by atoms with Crippen molar-refractivity contribution < 1.29 is 4.39 Å². The van der Waals surface area contributed by atoms with E-state index in [0.29, 0.717) is 16.9 Å². The van der Waals surface area contributed by atoms with Crippen LogP contribution in [0.25, 0.3) is 0 Å². The second kappa shape index (κ2) is 4.21. The molecule has 7 heteroatoms. The molecule has 110 valence electrons. The number of hydrogen-bond donors (Lipinski definition) is 2. The Morgan fingerprint density at radius 3 is 2.81 bits per heavy atom. The van der Waals surface area contributed by atoms with Crippen LogP contribution in [0.3, 0.4) is 0 Å². The lowest BCUT2D eigenvalue weighted by atomic mass is 9.90. The van der Waals surface area contributed by atoms with E-state index in [4.69, 9.17) is 11.5 Å². The number of aliphatic imine (C=N–C) groups is 1. The molecule has 1 aliphatic heterocycles. The molecule has 6 nitrogen and oxygen atoms in total. The van der Waals surface area contributed by atoms with Crippen LogP contribution in [0.15, 0.2) is 34.2 Å². The number of aryl methyl sites for hydroxylation is 1. The molecule has 3 rings (SSSR count). The second-order valence-electron chi connectivity index (χ2n) is 5.50. The van der Waals surface area contributed by atoms with Crippen molar-refractivity contribution in [1.82, 2.24) is 9.13 Å². The summed E-state index contributed by atoms with van der Waals surface area (Å²) in [5, 5.41) is 0. The van der Waals surface area contributed by atoms with Gasteiger partial charge in [0.2, 0.25) is 0 Å². The average molecular weight is 289 g/mol. The first-order chi connectivity index (χ1) is 9.82. The van der Waals surface area contributed by atoms with Crippen molar-refractivity contribution in [2.24, 2.45) is 17.8 Å². The Morgan fingerprint density at radius 1 is 1.38 bits per heavy atom. The van der Waals surface area contributed by atoms with Crippen molar-refractivity contribution in [3.8, 4) is 0 Å². The van der Waals surface area contributed by atoms with Gasteiger partial charge in [-0.1, -0.05) is 0 Å². The number of benzene rings is 1. The molecular formula is C14H16FN5O. The topological polar surface area (TPSA) is 91.3 Å². The number of aromatic nitrogens is 2. The van der Waals surface area contributed by atoms with Crippen LogP contribution < -0.4 is 17.2 Å². The molecule has 0 radical (unpaired) electrons. The number of amidine groups is 1. The standard InChI is InChI=1S/C14H16FN5O/c1-14(9-5-8(16)3-4-10(9)15)7-20-11(12(17)18-14)6-19(2)13(20)21/h3-6H,7,16H2,1-2H3,(H2,17,18). The predicted octanol–water partition coefficient (Wildman–Crippen LogP) is 0.542. The van der Waals surface area contributed by atoms with Crippen LogP contribution >= 0.6 is 0 Å². The quantitative estimate of drug-likeness (QED) is 0.751. The van der Waals surface area contributed by atoms with E-state index in [1.807, 2.05) is 0 Å². The molecule has 0 amide bonds. The predicted molar refractivity (Wildman–Crippen MR) is 78.6 cm³/mol. The minimum atomic E-state index is -0.971. The molecule has 0 saturated carbocycles. The van der Waals surface area contributed by atoms with Gasteiger partial charge in [-0.15, -0.1) is 0 Å². The maximum atomic E-state index is 14.1. The fourth-order valence-electron chi connectivity index (χ4n) is 2.73. The van der Waals surface area contributed by atoms with Gasteiger partial charge in [-0.05, 0) is 25.1 Å². The summed E-state index contributed by atoms with van der Waals surface area (Å²) in [6, 6.07) is 4.31. The number of fused-ring (bicyclic) bond motifs is 1. The molecule has 0 aliphatic carbocycles. The largest absolute Gasteiger partial charge is 0.399 e. The minimum absolute atomic E-state index is 0.210. The number of nitrogens with two attached hydrogens (primary N) is 2. The molecule has 0 fully saturated rings. The van der Waals surface area contributed by atoms with Crippen molar-refractivity contribution >= 4 is 11.5 Å². The Hall–Kier alpha value is -2.57. The van der Waals surface area contributed by atoms with Crippen molar-refractivity contribution in [2.75, 3.05) is 5.73 Å². The Labute approximate surface area is 120 Å². The van der Waals surface area contributed by atoms with Gasteiger partial charge in [0.1, 0.15) is 22.9 Å². The fourth-order valence-corrected chi connectivity index (χ4v) is 2.73. The van der Waals surface area contributed by atoms with E-state index in [9.17, 15) is 9.18 Å². The minimum Gasteiger partial charge on any atom is -0.399 e. The lowest BCUT2D eigenvalue weighted by molar-refractivity contribution is 0.377. The summed E-state index contributed by atoms with van der Waals surface area (Å²) >= 11 is 0. The first-order valence-electron chi connectivity index (χ1n) is 6.49. The fraction of sp³-hybridized carbons (Fsp3) is 0.286. The molecule has 2 aromatic rings. The highest BCUT2D eigenvalue weighted by atomic mass is 19.1. The average Bonchev–Trinajstić information content (AvgIpc) is 2.70. The first-order valence-corrected chi connectivity index (χ1v) is 6.49. The van der Waals surface area contributed by atoms with Gasteiger partial charge in [0, 0.05) is 24.5 Å². The van der Waals surface area contributed by atoms with Crippen LogP contribution in [0.2, 0.25) is 0 Å². The lowest BCUT2D eigenvalue weighted by Gasteiger charge is -2.31. The van der Waals surface area contributed by atoms with Gasteiger partial charge in [0.25, 0.3) is 0 Å². The molecule has 4 N–H and O–H groups in total. The molecular weight excluding hydrogens is 273 g/mol. The summed E-state index contributed by atoms with van der Waals surface area (Å²) < 4.78 is 17.1. The lowest BCUT2D eigenvalue weighted by Crippen LogP contribution is -2.41. The Balaban J connectivity index is 2.20. The maximum absolute atomic E-state index is 14.1. The van der Waals surface area contributed by atoms with Crippen molar-refractivity contribution in [3.05, 3.63) is 52.0 Å². The maximum Gasteiger partial charge on any atom is 0.328 e. The molecule has 1 aromatic heterocycles. The zero-order valence-corrected chi connectivity index (χ0v) is 11.8. The number of anilines is 1. The summed E-state index contributed by atoms with van der Waals surface area (Å²) in [6.07, 6.45) is 1.62. The molecule has 1 atom stereocenters. The molecule has 0 saturated heterocycles. The number of nitrogens with zero attached hydrogens (tertiary/aromatic N) is 3. The van der Waals surface area contributed by atoms with Gasteiger partial charge in [0.15, 0.2) is 0 Å². The van der Waals surface area contributed by atoms with Crippen LogP contribution in [0, 0.1) is 5.82 Å². The van der Waals surface area contributed by atoms with Crippen LogP contribution in [-0.4, -0.2) is 15.0 Å². The zero-order valence-electron chi connectivity index (χ0n) is 11.8. The van der Waals surface area contributed by atoms with E-state index in [-0.39, 0.29) is 18.1 Å². The number of imidazole rings is 1. The van der Waals surface area contributed by atoms with E-state index in [2.05, 4.69) is 4.99 Å². The number of halogens is 1. The third-order valence-corrected chi connectivity index (χ3v) is 3.81. The number of nitrogen functional groups attached to an aromatic ring is 1. The highest BCUT2D eigenvalue weighted by molar-refractivity contribution is 5.96. The Bertz CT molecular complexity index is 819. The summed E-state index contributed by atoms with van der Waals surface area (Å²) in [4.78, 5) is 16.5. The summed E-state index contributed by atoms with van der Waals surface area (Å²) in [6.45, 7) is 1.95. The van der Waals surface area contributed by atoms with E-state index in [1.165, 1.54) is 27.3 Å². The Kier molecular flexibility index (Phi) is 2.69. The van der Waals surface area contributed by atoms with Crippen molar-refractivity contribution in [1.29, 1.82) is 0 Å². The van der Waals surface area contributed by atoms with Crippen LogP contribution in [0.4, 0.5) is 10.1 Å². The van der Waals surface area contributed by atoms with Gasteiger partial charge in [-0.3, -0.25) is 9.56 Å². The molecule has 0 spiro atoms. The SMILES string of the molecule is Cn1cc2n(c1=O)CC(C)(c1cc(N)ccc1F)N=C2N.